The van der Waals surface area contributed by atoms with Crippen molar-refractivity contribution in [3.63, 3.8) is 0 Å². The number of anilines is 1. The summed E-state index contributed by atoms with van der Waals surface area (Å²) in [5, 5.41) is 3.65. The molecule has 2 unspecified atom stereocenters. The molecule has 0 aromatic heterocycles. The molecule has 1 aliphatic heterocycles. The Hall–Kier alpha value is -2.58. The Bertz CT molecular complexity index is 721. The summed E-state index contributed by atoms with van der Waals surface area (Å²) in [5.41, 5.74) is 4.03. The molecule has 3 aromatic carbocycles. The zero-order chi connectivity index (χ0) is 16.9. The second-order valence-electron chi connectivity index (χ2n) is 6.59. The molecule has 126 valence electrons. The lowest BCUT2D eigenvalue weighted by Crippen LogP contribution is -2.34. The van der Waals surface area contributed by atoms with Gasteiger partial charge in [0, 0.05) is 12.2 Å². The summed E-state index contributed by atoms with van der Waals surface area (Å²) < 4.78 is 0. The van der Waals surface area contributed by atoms with E-state index in [4.69, 9.17) is 0 Å². The Morgan fingerprint density at radius 3 is 1.76 bits per heavy atom. The second kappa shape index (κ2) is 7.54. The van der Waals surface area contributed by atoms with Crippen molar-refractivity contribution in [2.24, 2.45) is 0 Å². The number of hydrogen-bond donors (Lipinski definition) is 1. The van der Waals surface area contributed by atoms with Gasteiger partial charge in [-0.25, -0.2) is 0 Å². The lowest BCUT2D eigenvalue weighted by Gasteiger charge is -2.39. The summed E-state index contributed by atoms with van der Waals surface area (Å²) >= 11 is 0. The third-order valence-corrected chi connectivity index (χ3v) is 5.03. The highest BCUT2D eigenvalue weighted by molar-refractivity contribution is 5.52. The maximum Gasteiger partial charge on any atom is 0.0673 e. The Labute approximate surface area is 150 Å². The van der Waals surface area contributed by atoms with E-state index in [0.29, 0.717) is 12.1 Å². The molecule has 0 amide bonds. The Kier molecular flexibility index (Phi) is 4.80. The van der Waals surface area contributed by atoms with Crippen molar-refractivity contribution in [3.8, 4) is 0 Å². The van der Waals surface area contributed by atoms with Gasteiger partial charge >= 0.3 is 0 Å². The first-order valence-corrected chi connectivity index (χ1v) is 9.07. The number of para-hydroxylation sites is 1. The molecular formula is C23H24N2. The molecule has 0 saturated carbocycles. The van der Waals surface area contributed by atoms with Gasteiger partial charge in [0.2, 0.25) is 0 Å². The highest BCUT2D eigenvalue weighted by atomic mass is 15.2. The molecule has 0 radical (unpaired) electrons. The van der Waals surface area contributed by atoms with Crippen molar-refractivity contribution in [2.75, 3.05) is 18.0 Å². The fraction of sp³-hybridized carbons (Fsp3) is 0.217. The average molecular weight is 328 g/mol. The molecule has 0 bridgehead atoms. The van der Waals surface area contributed by atoms with Crippen molar-refractivity contribution in [1.29, 1.82) is 0 Å². The van der Waals surface area contributed by atoms with E-state index in [1.54, 1.807) is 0 Å². The predicted molar refractivity (Wildman–Crippen MR) is 105 cm³/mol. The normalized spacial score (nSPS) is 20.9. The number of benzene rings is 3. The van der Waals surface area contributed by atoms with E-state index < -0.39 is 0 Å². The highest BCUT2D eigenvalue weighted by Crippen LogP contribution is 2.38. The zero-order valence-electron chi connectivity index (χ0n) is 14.4. The van der Waals surface area contributed by atoms with Crippen LogP contribution in [0.4, 0.5) is 5.69 Å². The van der Waals surface area contributed by atoms with Crippen LogP contribution in [0.3, 0.4) is 0 Å². The molecule has 0 aliphatic carbocycles. The summed E-state index contributed by atoms with van der Waals surface area (Å²) in [5.74, 6) is 0. The summed E-state index contributed by atoms with van der Waals surface area (Å²) in [6, 6.07) is 33.3. The van der Waals surface area contributed by atoms with Crippen LogP contribution in [0.5, 0.6) is 0 Å². The standard InChI is InChI=1S/C23H24N2/c1-4-10-19(11-5-1)22-16-17-24-18-23(20-12-6-2-7-13-20)25(22)21-14-8-3-9-15-21/h1-15,22-24H,16-18H2. The van der Waals surface area contributed by atoms with Crippen LogP contribution in [0.1, 0.15) is 29.6 Å². The molecule has 1 heterocycles. The van der Waals surface area contributed by atoms with Gasteiger partial charge in [-0.2, -0.15) is 0 Å². The largest absolute Gasteiger partial charge is 0.356 e. The minimum absolute atomic E-state index is 0.316. The molecule has 1 fully saturated rings. The number of nitrogens with one attached hydrogen (secondary N) is 1. The molecular weight excluding hydrogens is 304 g/mol. The first-order valence-electron chi connectivity index (χ1n) is 9.07. The fourth-order valence-corrected chi connectivity index (χ4v) is 3.85. The molecule has 1 saturated heterocycles. The quantitative estimate of drug-likeness (QED) is 0.730. The molecule has 0 spiro atoms. The first-order chi connectivity index (χ1) is 12.4. The van der Waals surface area contributed by atoms with Crippen LogP contribution < -0.4 is 10.2 Å². The lowest BCUT2D eigenvalue weighted by atomic mass is 9.97. The SMILES string of the molecule is c1ccc(C2CCNCC(c3ccccc3)N2c2ccccc2)cc1. The van der Waals surface area contributed by atoms with Crippen molar-refractivity contribution in [2.45, 2.75) is 18.5 Å². The Balaban J connectivity index is 1.82. The van der Waals surface area contributed by atoms with Crippen molar-refractivity contribution < 1.29 is 0 Å². The zero-order valence-corrected chi connectivity index (χ0v) is 14.4. The summed E-state index contributed by atoms with van der Waals surface area (Å²) in [6.07, 6.45) is 1.10. The Morgan fingerprint density at radius 1 is 0.640 bits per heavy atom. The molecule has 1 N–H and O–H groups in total. The summed E-state index contributed by atoms with van der Waals surface area (Å²) in [6.45, 7) is 1.99. The van der Waals surface area contributed by atoms with E-state index in [2.05, 4.69) is 101 Å². The average Bonchev–Trinajstić information content (AvgIpc) is 2.93. The predicted octanol–water partition coefficient (Wildman–Crippen LogP) is 4.97. The number of nitrogens with zero attached hydrogens (tertiary/aromatic N) is 1. The van der Waals surface area contributed by atoms with Gasteiger partial charge < -0.3 is 10.2 Å². The van der Waals surface area contributed by atoms with Gasteiger partial charge in [-0.05, 0) is 36.2 Å². The smallest absolute Gasteiger partial charge is 0.0673 e. The minimum Gasteiger partial charge on any atom is -0.356 e. The van der Waals surface area contributed by atoms with Crippen LogP contribution in [0.15, 0.2) is 91.0 Å². The first kappa shape index (κ1) is 15.9. The molecule has 1 aliphatic rings. The van der Waals surface area contributed by atoms with Crippen LogP contribution in [0.2, 0.25) is 0 Å². The molecule has 2 nitrogen and oxygen atoms in total. The van der Waals surface area contributed by atoms with E-state index in [1.807, 2.05) is 0 Å². The second-order valence-corrected chi connectivity index (χ2v) is 6.59. The molecule has 2 heteroatoms. The fourth-order valence-electron chi connectivity index (χ4n) is 3.85. The van der Waals surface area contributed by atoms with Gasteiger partial charge in [0.15, 0.2) is 0 Å². The maximum atomic E-state index is 3.65. The van der Waals surface area contributed by atoms with Crippen LogP contribution in [0, 0.1) is 0 Å². The van der Waals surface area contributed by atoms with E-state index in [0.717, 1.165) is 19.5 Å². The van der Waals surface area contributed by atoms with E-state index >= 15 is 0 Å². The summed E-state index contributed by atoms with van der Waals surface area (Å²) in [4.78, 5) is 2.60. The van der Waals surface area contributed by atoms with Crippen molar-refractivity contribution in [3.05, 3.63) is 102 Å². The van der Waals surface area contributed by atoms with Crippen LogP contribution in [0.25, 0.3) is 0 Å². The van der Waals surface area contributed by atoms with Gasteiger partial charge in [0.25, 0.3) is 0 Å². The lowest BCUT2D eigenvalue weighted by molar-refractivity contribution is 0.554. The number of hydrogen-bond acceptors (Lipinski definition) is 2. The van der Waals surface area contributed by atoms with Gasteiger partial charge in [-0.1, -0.05) is 78.9 Å². The third-order valence-electron chi connectivity index (χ3n) is 5.03. The van der Waals surface area contributed by atoms with Crippen molar-refractivity contribution in [1.82, 2.24) is 5.32 Å². The molecule has 2 atom stereocenters. The van der Waals surface area contributed by atoms with Gasteiger partial charge in [-0.15, -0.1) is 0 Å². The van der Waals surface area contributed by atoms with Crippen LogP contribution in [-0.2, 0) is 0 Å². The molecule has 4 rings (SSSR count). The van der Waals surface area contributed by atoms with Crippen LogP contribution >= 0.6 is 0 Å². The monoisotopic (exact) mass is 328 g/mol. The molecule has 25 heavy (non-hydrogen) atoms. The molecule has 3 aromatic rings. The van der Waals surface area contributed by atoms with E-state index in [1.165, 1.54) is 16.8 Å². The van der Waals surface area contributed by atoms with Gasteiger partial charge in [-0.3, -0.25) is 0 Å². The van der Waals surface area contributed by atoms with Gasteiger partial charge in [0.05, 0.1) is 12.1 Å². The number of rotatable bonds is 3. The Morgan fingerprint density at radius 2 is 1.16 bits per heavy atom. The summed E-state index contributed by atoms with van der Waals surface area (Å²) in [7, 11) is 0. The van der Waals surface area contributed by atoms with E-state index in [-0.39, 0.29) is 0 Å². The minimum atomic E-state index is 0.316. The van der Waals surface area contributed by atoms with Gasteiger partial charge in [0.1, 0.15) is 0 Å². The van der Waals surface area contributed by atoms with Crippen molar-refractivity contribution >= 4 is 5.69 Å². The maximum absolute atomic E-state index is 3.65. The van der Waals surface area contributed by atoms with E-state index in [9.17, 15) is 0 Å². The third kappa shape index (κ3) is 3.45. The van der Waals surface area contributed by atoms with Crippen LogP contribution in [-0.4, -0.2) is 13.1 Å². The topological polar surface area (TPSA) is 15.3 Å². The highest BCUT2D eigenvalue weighted by Gasteiger charge is 2.30.